The fraction of sp³-hybridized carbons (Fsp3) is 0.579. The van der Waals surface area contributed by atoms with Gasteiger partial charge in [0.25, 0.3) is 0 Å². The zero-order valence-corrected chi connectivity index (χ0v) is 14.4. The van der Waals surface area contributed by atoms with Crippen LogP contribution in [0.5, 0.6) is 0 Å². The standard InChI is InChI=1S/C19H28O2/c1-16(2)17(3,4)20-18(5,6)21-19(16,7)14-13-15-11-9-8-10-12-15/h8-14H,1-7H3/b14-13+. The predicted octanol–water partition coefficient (Wildman–Crippen LogP) is 5.05. The summed E-state index contributed by atoms with van der Waals surface area (Å²) in [6.45, 7) is 14.8. The van der Waals surface area contributed by atoms with Crippen molar-refractivity contribution in [2.75, 3.05) is 0 Å². The molecule has 1 aromatic rings. The Morgan fingerprint density at radius 1 is 0.810 bits per heavy atom. The quantitative estimate of drug-likeness (QED) is 0.758. The molecule has 1 aliphatic heterocycles. The van der Waals surface area contributed by atoms with Gasteiger partial charge in [-0.2, -0.15) is 0 Å². The van der Waals surface area contributed by atoms with E-state index in [2.05, 4.69) is 58.9 Å². The van der Waals surface area contributed by atoms with Gasteiger partial charge in [-0.05, 0) is 40.2 Å². The number of ether oxygens (including phenoxy) is 2. The summed E-state index contributed by atoms with van der Waals surface area (Å²) < 4.78 is 12.5. The van der Waals surface area contributed by atoms with Gasteiger partial charge >= 0.3 is 0 Å². The third kappa shape index (κ3) is 2.93. The zero-order chi connectivity index (χ0) is 15.9. The SMILES string of the molecule is CC1(C)OC(C)(C)C(C)(C)C(C)(/C=C/c2ccccc2)O1. The van der Waals surface area contributed by atoms with Crippen molar-refractivity contribution in [3.63, 3.8) is 0 Å². The molecule has 0 radical (unpaired) electrons. The monoisotopic (exact) mass is 288 g/mol. The summed E-state index contributed by atoms with van der Waals surface area (Å²) in [5.41, 5.74) is 0.319. The maximum Gasteiger partial charge on any atom is 0.164 e. The Bertz CT molecular complexity index is 526. The molecule has 1 fully saturated rings. The van der Waals surface area contributed by atoms with Crippen LogP contribution in [0.2, 0.25) is 0 Å². The van der Waals surface area contributed by atoms with E-state index in [0.717, 1.165) is 0 Å². The van der Waals surface area contributed by atoms with E-state index in [9.17, 15) is 0 Å². The van der Waals surface area contributed by atoms with Gasteiger partial charge in [0.2, 0.25) is 0 Å². The van der Waals surface area contributed by atoms with E-state index in [4.69, 9.17) is 9.47 Å². The molecule has 2 rings (SSSR count). The van der Waals surface area contributed by atoms with Crippen LogP contribution in [0.1, 0.15) is 54.0 Å². The molecule has 0 aromatic heterocycles. The van der Waals surface area contributed by atoms with E-state index >= 15 is 0 Å². The maximum atomic E-state index is 6.32. The van der Waals surface area contributed by atoms with Crippen molar-refractivity contribution in [3.05, 3.63) is 42.0 Å². The molecule has 0 spiro atoms. The van der Waals surface area contributed by atoms with Crippen LogP contribution in [0, 0.1) is 5.41 Å². The van der Waals surface area contributed by atoms with Crippen LogP contribution < -0.4 is 0 Å². The number of benzene rings is 1. The van der Waals surface area contributed by atoms with Gasteiger partial charge in [0.1, 0.15) is 0 Å². The smallest absolute Gasteiger partial charge is 0.164 e. The lowest BCUT2D eigenvalue weighted by Gasteiger charge is -2.60. The lowest BCUT2D eigenvalue weighted by atomic mass is 9.64. The summed E-state index contributed by atoms with van der Waals surface area (Å²) >= 11 is 0. The average Bonchev–Trinajstić information content (AvgIpc) is 2.34. The molecule has 2 nitrogen and oxygen atoms in total. The molecule has 2 heteroatoms. The molecule has 0 amide bonds. The fourth-order valence-electron chi connectivity index (χ4n) is 3.06. The summed E-state index contributed by atoms with van der Waals surface area (Å²) in [5, 5.41) is 0. The number of hydrogen-bond acceptors (Lipinski definition) is 2. The molecule has 0 saturated carbocycles. The highest BCUT2D eigenvalue weighted by Gasteiger charge is 2.58. The van der Waals surface area contributed by atoms with Crippen LogP contribution in [-0.4, -0.2) is 17.0 Å². The first-order valence-corrected chi connectivity index (χ1v) is 7.64. The Labute approximate surface area is 129 Å². The van der Waals surface area contributed by atoms with Gasteiger partial charge in [0, 0.05) is 5.41 Å². The zero-order valence-electron chi connectivity index (χ0n) is 14.4. The summed E-state index contributed by atoms with van der Waals surface area (Å²) in [6, 6.07) is 10.3. The van der Waals surface area contributed by atoms with Crippen molar-refractivity contribution in [3.8, 4) is 0 Å². The van der Waals surface area contributed by atoms with Crippen LogP contribution in [0.25, 0.3) is 6.08 Å². The third-order valence-corrected chi connectivity index (χ3v) is 5.10. The van der Waals surface area contributed by atoms with Crippen molar-refractivity contribution in [2.45, 2.75) is 65.5 Å². The third-order valence-electron chi connectivity index (χ3n) is 5.10. The molecule has 1 heterocycles. The minimum absolute atomic E-state index is 0.166. The van der Waals surface area contributed by atoms with Gasteiger partial charge in [-0.1, -0.05) is 56.3 Å². The molecule has 1 aliphatic rings. The highest BCUT2D eigenvalue weighted by molar-refractivity contribution is 5.50. The van der Waals surface area contributed by atoms with Crippen molar-refractivity contribution in [1.82, 2.24) is 0 Å². The molecule has 0 N–H and O–H groups in total. The van der Waals surface area contributed by atoms with Gasteiger partial charge in [-0.3, -0.25) is 0 Å². The Kier molecular flexibility index (Phi) is 3.84. The first-order chi connectivity index (χ1) is 9.49. The van der Waals surface area contributed by atoms with E-state index in [0.29, 0.717) is 0 Å². The summed E-state index contributed by atoms with van der Waals surface area (Å²) in [4.78, 5) is 0. The van der Waals surface area contributed by atoms with E-state index < -0.39 is 11.4 Å². The van der Waals surface area contributed by atoms with Crippen LogP contribution >= 0.6 is 0 Å². The Balaban J connectivity index is 2.40. The Morgan fingerprint density at radius 3 is 1.95 bits per heavy atom. The van der Waals surface area contributed by atoms with E-state index in [-0.39, 0.29) is 11.0 Å². The normalized spacial score (nSPS) is 30.4. The molecule has 1 atom stereocenters. The fourth-order valence-corrected chi connectivity index (χ4v) is 3.06. The first-order valence-electron chi connectivity index (χ1n) is 7.64. The van der Waals surface area contributed by atoms with Crippen LogP contribution in [-0.2, 0) is 9.47 Å². The second kappa shape index (κ2) is 4.96. The van der Waals surface area contributed by atoms with Crippen molar-refractivity contribution >= 4 is 6.08 Å². The molecular weight excluding hydrogens is 260 g/mol. The predicted molar refractivity (Wildman–Crippen MR) is 88.0 cm³/mol. The number of hydrogen-bond donors (Lipinski definition) is 0. The molecular formula is C19H28O2. The topological polar surface area (TPSA) is 18.5 Å². The molecule has 1 unspecified atom stereocenters. The molecule has 21 heavy (non-hydrogen) atoms. The van der Waals surface area contributed by atoms with E-state index in [1.165, 1.54) is 5.56 Å². The number of rotatable bonds is 2. The van der Waals surface area contributed by atoms with Gasteiger partial charge < -0.3 is 9.47 Å². The minimum Gasteiger partial charge on any atom is -0.344 e. The first kappa shape index (κ1) is 16.3. The van der Waals surface area contributed by atoms with E-state index in [1.54, 1.807) is 0 Å². The summed E-state index contributed by atoms with van der Waals surface area (Å²) in [5.74, 6) is -0.602. The van der Waals surface area contributed by atoms with Gasteiger partial charge in [0.05, 0.1) is 11.2 Å². The molecule has 1 saturated heterocycles. The molecule has 0 bridgehead atoms. The lowest BCUT2D eigenvalue weighted by molar-refractivity contribution is -0.389. The van der Waals surface area contributed by atoms with E-state index in [1.807, 2.05) is 32.0 Å². The molecule has 116 valence electrons. The Morgan fingerprint density at radius 2 is 1.38 bits per heavy atom. The summed E-state index contributed by atoms with van der Waals surface area (Å²) in [6.07, 6.45) is 4.31. The van der Waals surface area contributed by atoms with Gasteiger partial charge in [-0.25, -0.2) is 0 Å². The largest absolute Gasteiger partial charge is 0.344 e. The highest BCUT2D eigenvalue weighted by atomic mass is 16.7. The van der Waals surface area contributed by atoms with Crippen LogP contribution in [0.3, 0.4) is 0 Å². The van der Waals surface area contributed by atoms with Gasteiger partial charge in [-0.15, -0.1) is 0 Å². The second-order valence-electron chi connectivity index (χ2n) is 7.59. The molecule has 1 aromatic carbocycles. The summed E-state index contributed by atoms with van der Waals surface area (Å²) in [7, 11) is 0. The van der Waals surface area contributed by atoms with Crippen LogP contribution in [0.15, 0.2) is 36.4 Å². The minimum atomic E-state index is -0.602. The van der Waals surface area contributed by atoms with Crippen molar-refractivity contribution in [2.24, 2.45) is 5.41 Å². The van der Waals surface area contributed by atoms with Crippen molar-refractivity contribution in [1.29, 1.82) is 0 Å². The van der Waals surface area contributed by atoms with Crippen LogP contribution in [0.4, 0.5) is 0 Å². The molecule has 0 aliphatic carbocycles. The van der Waals surface area contributed by atoms with Gasteiger partial charge in [0.15, 0.2) is 5.79 Å². The maximum absolute atomic E-state index is 6.32. The highest BCUT2D eigenvalue weighted by Crippen LogP contribution is 2.53. The lowest BCUT2D eigenvalue weighted by Crippen LogP contribution is -2.66. The average molecular weight is 288 g/mol. The second-order valence-corrected chi connectivity index (χ2v) is 7.59. The Hall–Kier alpha value is -1.12. The van der Waals surface area contributed by atoms with Crippen molar-refractivity contribution < 1.29 is 9.47 Å².